The van der Waals surface area contributed by atoms with Crippen molar-refractivity contribution in [3.63, 3.8) is 0 Å². The van der Waals surface area contributed by atoms with Crippen LogP contribution in [0, 0.1) is 0 Å². The van der Waals surface area contributed by atoms with E-state index in [4.69, 9.17) is 4.74 Å². The third-order valence-electron chi connectivity index (χ3n) is 4.76. The highest BCUT2D eigenvalue weighted by Gasteiger charge is 2.26. The minimum atomic E-state index is -0.304. The molecule has 0 radical (unpaired) electrons. The van der Waals surface area contributed by atoms with Crippen molar-refractivity contribution in [2.24, 2.45) is 0 Å². The topological polar surface area (TPSA) is 44.8 Å². The van der Waals surface area contributed by atoms with Gasteiger partial charge in [-0.05, 0) is 24.7 Å². The average Bonchev–Trinajstić information content (AvgIpc) is 2.72. The van der Waals surface area contributed by atoms with Gasteiger partial charge in [0.2, 0.25) is 5.91 Å². The second-order valence-electron chi connectivity index (χ2n) is 6.49. The number of para-hydroxylation sites is 1. The number of amides is 1. The maximum absolute atomic E-state index is 12.8. The lowest BCUT2D eigenvalue weighted by molar-refractivity contribution is -0.135. The highest BCUT2D eigenvalue weighted by molar-refractivity contribution is 5.82. The first-order chi connectivity index (χ1) is 12.8. The molecule has 1 atom stereocenters. The summed E-state index contributed by atoms with van der Waals surface area (Å²) in [6.07, 6.45) is 0. The molecule has 3 rings (SSSR count). The average molecular weight is 353 g/mol. The highest BCUT2D eigenvalue weighted by atomic mass is 16.5. The molecule has 0 spiro atoms. The highest BCUT2D eigenvalue weighted by Crippen LogP contribution is 2.16. The van der Waals surface area contributed by atoms with Crippen LogP contribution in [-0.2, 0) is 16.1 Å². The van der Waals surface area contributed by atoms with Crippen LogP contribution in [0.3, 0.4) is 0 Å². The maximum atomic E-state index is 12.8. The molecule has 5 heteroatoms. The van der Waals surface area contributed by atoms with E-state index in [2.05, 4.69) is 22.3 Å². The number of anilines is 1. The number of carbonyl (C=O) groups is 1. The van der Waals surface area contributed by atoms with Crippen LogP contribution in [0.1, 0.15) is 5.56 Å². The van der Waals surface area contributed by atoms with Crippen LogP contribution in [-0.4, -0.2) is 56.7 Å². The number of hydrogen-bond acceptors (Lipinski definition) is 4. The maximum Gasteiger partial charge on any atom is 0.242 e. The van der Waals surface area contributed by atoms with Crippen molar-refractivity contribution in [3.05, 3.63) is 66.2 Å². The quantitative estimate of drug-likeness (QED) is 0.828. The molecular weight excluding hydrogens is 326 g/mol. The zero-order chi connectivity index (χ0) is 18.2. The monoisotopic (exact) mass is 353 g/mol. The molecule has 1 amide bonds. The largest absolute Gasteiger partial charge is 0.375 e. The van der Waals surface area contributed by atoms with E-state index in [1.165, 1.54) is 5.69 Å². The molecular formula is C21H27N3O2. The Morgan fingerprint density at radius 3 is 2.23 bits per heavy atom. The van der Waals surface area contributed by atoms with E-state index in [0.717, 1.165) is 31.7 Å². The van der Waals surface area contributed by atoms with Gasteiger partial charge in [0.1, 0.15) is 6.04 Å². The number of rotatable bonds is 7. The Balaban J connectivity index is 1.46. The van der Waals surface area contributed by atoms with Crippen molar-refractivity contribution in [2.45, 2.75) is 12.6 Å². The zero-order valence-electron chi connectivity index (χ0n) is 15.3. The van der Waals surface area contributed by atoms with Crippen molar-refractivity contribution in [3.8, 4) is 0 Å². The summed E-state index contributed by atoms with van der Waals surface area (Å²) in [5, 5.41) is 3.10. The van der Waals surface area contributed by atoms with Crippen LogP contribution in [0.2, 0.25) is 0 Å². The second kappa shape index (κ2) is 9.36. The number of likely N-dealkylation sites (N-methyl/N-ethyl adjacent to an activating group) is 1. The van der Waals surface area contributed by atoms with Crippen LogP contribution in [0.25, 0.3) is 0 Å². The van der Waals surface area contributed by atoms with E-state index in [9.17, 15) is 4.79 Å². The lowest BCUT2D eigenvalue weighted by atomic mass is 10.2. The number of carbonyl (C=O) groups excluding carboxylic acids is 1. The van der Waals surface area contributed by atoms with Gasteiger partial charge in [0.25, 0.3) is 0 Å². The van der Waals surface area contributed by atoms with Crippen molar-refractivity contribution in [1.29, 1.82) is 0 Å². The number of nitrogens with zero attached hydrogens (tertiary/aromatic N) is 2. The fourth-order valence-electron chi connectivity index (χ4n) is 3.19. The molecule has 26 heavy (non-hydrogen) atoms. The molecule has 138 valence electrons. The summed E-state index contributed by atoms with van der Waals surface area (Å²) < 4.78 is 5.75. The number of hydrogen-bond donors (Lipinski definition) is 1. The van der Waals surface area contributed by atoms with Crippen LogP contribution in [0.15, 0.2) is 60.7 Å². The Kier molecular flexibility index (Phi) is 6.63. The lowest BCUT2D eigenvalue weighted by Crippen LogP contribution is -2.54. The summed E-state index contributed by atoms with van der Waals surface area (Å²) in [5.74, 6) is 0.119. The SMILES string of the molecule is CN[C@H](COCc1ccccc1)C(=O)N1CCN(c2ccccc2)CC1. The van der Waals surface area contributed by atoms with E-state index in [1.807, 2.05) is 60.5 Å². The van der Waals surface area contributed by atoms with Gasteiger partial charge in [0.15, 0.2) is 0 Å². The summed E-state index contributed by atoms with van der Waals surface area (Å²) in [6.45, 7) is 4.10. The Morgan fingerprint density at radius 2 is 1.62 bits per heavy atom. The molecule has 2 aromatic carbocycles. The number of nitrogens with one attached hydrogen (secondary N) is 1. The first kappa shape index (κ1) is 18.4. The Morgan fingerprint density at radius 1 is 1.00 bits per heavy atom. The van der Waals surface area contributed by atoms with Crippen molar-refractivity contribution in [2.75, 3.05) is 44.7 Å². The molecule has 0 saturated carbocycles. The van der Waals surface area contributed by atoms with Gasteiger partial charge in [-0.15, -0.1) is 0 Å². The van der Waals surface area contributed by atoms with Gasteiger partial charge in [0.05, 0.1) is 13.2 Å². The summed E-state index contributed by atoms with van der Waals surface area (Å²) in [5.41, 5.74) is 2.34. The molecule has 0 aliphatic carbocycles. The molecule has 1 fully saturated rings. The molecule has 0 aromatic heterocycles. The normalized spacial score (nSPS) is 15.7. The Bertz CT molecular complexity index is 663. The summed E-state index contributed by atoms with van der Waals surface area (Å²) in [6, 6.07) is 20.1. The number of piperazine rings is 1. The van der Waals surface area contributed by atoms with Crippen LogP contribution >= 0.6 is 0 Å². The van der Waals surface area contributed by atoms with Crippen molar-refractivity contribution >= 4 is 11.6 Å². The molecule has 2 aromatic rings. The fourth-order valence-corrected chi connectivity index (χ4v) is 3.19. The third kappa shape index (κ3) is 4.84. The third-order valence-corrected chi connectivity index (χ3v) is 4.76. The standard InChI is InChI=1S/C21H27N3O2/c1-22-20(17-26-16-18-8-4-2-5-9-18)21(25)24-14-12-23(13-15-24)19-10-6-3-7-11-19/h2-11,20,22H,12-17H2,1H3/t20-/m1/s1. The molecule has 0 bridgehead atoms. The van der Waals surface area contributed by atoms with Gasteiger partial charge < -0.3 is 19.9 Å². The van der Waals surface area contributed by atoms with Crippen LogP contribution in [0.4, 0.5) is 5.69 Å². The summed E-state index contributed by atoms with van der Waals surface area (Å²) in [7, 11) is 1.81. The molecule has 1 saturated heterocycles. The summed E-state index contributed by atoms with van der Waals surface area (Å²) >= 11 is 0. The van der Waals surface area contributed by atoms with Gasteiger partial charge in [0, 0.05) is 31.9 Å². The van der Waals surface area contributed by atoms with Gasteiger partial charge in [-0.2, -0.15) is 0 Å². The first-order valence-corrected chi connectivity index (χ1v) is 9.15. The van der Waals surface area contributed by atoms with Crippen LogP contribution in [0.5, 0.6) is 0 Å². The van der Waals surface area contributed by atoms with E-state index in [0.29, 0.717) is 13.2 Å². The zero-order valence-corrected chi connectivity index (χ0v) is 15.3. The molecule has 1 N–H and O–H groups in total. The molecule has 1 aliphatic rings. The smallest absolute Gasteiger partial charge is 0.242 e. The van der Waals surface area contributed by atoms with Gasteiger partial charge in [-0.3, -0.25) is 4.79 Å². The Labute approximate surface area is 155 Å². The molecule has 1 aliphatic heterocycles. The predicted octanol–water partition coefficient (Wildman–Crippen LogP) is 2.14. The van der Waals surface area contributed by atoms with Crippen LogP contribution < -0.4 is 10.2 Å². The lowest BCUT2D eigenvalue weighted by Gasteiger charge is -2.37. The fraction of sp³-hybridized carbons (Fsp3) is 0.381. The van der Waals surface area contributed by atoms with E-state index in [1.54, 1.807) is 0 Å². The van der Waals surface area contributed by atoms with E-state index < -0.39 is 0 Å². The van der Waals surface area contributed by atoms with Crippen molar-refractivity contribution < 1.29 is 9.53 Å². The Hall–Kier alpha value is -2.37. The minimum absolute atomic E-state index is 0.119. The van der Waals surface area contributed by atoms with Crippen molar-refractivity contribution in [1.82, 2.24) is 10.2 Å². The second-order valence-corrected chi connectivity index (χ2v) is 6.49. The van der Waals surface area contributed by atoms with E-state index in [-0.39, 0.29) is 11.9 Å². The van der Waals surface area contributed by atoms with Gasteiger partial charge in [-0.25, -0.2) is 0 Å². The molecule has 5 nitrogen and oxygen atoms in total. The minimum Gasteiger partial charge on any atom is -0.375 e. The number of benzene rings is 2. The molecule has 1 heterocycles. The van der Waals surface area contributed by atoms with Gasteiger partial charge >= 0.3 is 0 Å². The predicted molar refractivity (Wildman–Crippen MR) is 104 cm³/mol. The van der Waals surface area contributed by atoms with Gasteiger partial charge in [-0.1, -0.05) is 48.5 Å². The van der Waals surface area contributed by atoms with E-state index >= 15 is 0 Å². The first-order valence-electron chi connectivity index (χ1n) is 9.15. The summed E-state index contributed by atoms with van der Waals surface area (Å²) in [4.78, 5) is 17.0. The molecule has 0 unspecified atom stereocenters. The number of ether oxygens (including phenoxy) is 1.